The number of carbonyl (C=O) groups is 2. The third-order valence-electron chi connectivity index (χ3n) is 4.32. The smallest absolute Gasteiger partial charge is 0.308 e. The number of nitrogens with zero attached hydrogens (tertiary/aromatic N) is 1. The van der Waals surface area contributed by atoms with Crippen LogP contribution in [-0.4, -0.2) is 41.5 Å². The predicted molar refractivity (Wildman–Crippen MR) is 88.8 cm³/mol. The van der Waals surface area contributed by atoms with Gasteiger partial charge >= 0.3 is 5.97 Å². The van der Waals surface area contributed by atoms with Crippen molar-refractivity contribution < 1.29 is 14.7 Å². The van der Waals surface area contributed by atoms with Crippen LogP contribution in [0.5, 0.6) is 0 Å². The van der Waals surface area contributed by atoms with E-state index in [0.29, 0.717) is 32.1 Å². The molecule has 23 heavy (non-hydrogen) atoms. The van der Waals surface area contributed by atoms with Crippen LogP contribution in [0.1, 0.15) is 25.8 Å². The van der Waals surface area contributed by atoms with Crippen molar-refractivity contribution in [2.24, 2.45) is 17.8 Å². The molecule has 1 heterocycles. The number of amides is 1. The van der Waals surface area contributed by atoms with Gasteiger partial charge in [-0.05, 0) is 17.9 Å². The van der Waals surface area contributed by atoms with Gasteiger partial charge in [-0.3, -0.25) is 14.5 Å². The van der Waals surface area contributed by atoms with E-state index in [1.165, 1.54) is 0 Å². The summed E-state index contributed by atoms with van der Waals surface area (Å²) >= 11 is 0. The van der Waals surface area contributed by atoms with Crippen LogP contribution in [0, 0.1) is 17.8 Å². The van der Waals surface area contributed by atoms with E-state index >= 15 is 0 Å². The zero-order valence-corrected chi connectivity index (χ0v) is 13.9. The first-order valence-corrected chi connectivity index (χ1v) is 8.24. The van der Waals surface area contributed by atoms with Crippen molar-refractivity contribution in [3.05, 3.63) is 35.9 Å². The zero-order valence-electron chi connectivity index (χ0n) is 13.9. The van der Waals surface area contributed by atoms with Crippen molar-refractivity contribution >= 4 is 11.9 Å². The van der Waals surface area contributed by atoms with Crippen molar-refractivity contribution in [2.45, 2.75) is 26.8 Å². The minimum Gasteiger partial charge on any atom is -0.481 e. The Bertz CT molecular complexity index is 530. The van der Waals surface area contributed by atoms with Crippen LogP contribution in [0.2, 0.25) is 0 Å². The maximum Gasteiger partial charge on any atom is 0.308 e. The summed E-state index contributed by atoms with van der Waals surface area (Å²) in [4.78, 5) is 25.9. The maximum absolute atomic E-state index is 12.3. The third kappa shape index (κ3) is 5.06. The number of aliphatic carboxylic acids is 1. The normalized spacial score (nSPS) is 21.5. The summed E-state index contributed by atoms with van der Waals surface area (Å²) in [5.41, 5.74) is 1.14. The van der Waals surface area contributed by atoms with Gasteiger partial charge in [0.1, 0.15) is 0 Å². The molecule has 0 bridgehead atoms. The monoisotopic (exact) mass is 318 g/mol. The molecule has 1 aromatic carbocycles. The van der Waals surface area contributed by atoms with Gasteiger partial charge < -0.3 is 10.4 Å². The summed E-state index contributed by atoms with van der Waals surface area (Å²) in [5.74, 6) is -1.59. The van der Waals surface area contributed by atoms with Crippen molar-refractivity contribution in [1.29, 1.82) is 0 Å². The van der Waals surface area contributed by atoms with Crippen molar-refractivity contribution in [3.8, 4) is 0 Å². The highest BCUT2D eigenvalue weighted by Gasteiger charge is 2.41. The molecule has 0 saturated carbocycles. The van der Waals surface area contributed by atoms with Gasteiger partial charge in [0, 0.05) is 26.2 Å². The third-order valence-corrected chi connectivity index (χ3v) is 4.32. The Kier molecular flexibility index (Phi) is 6.16. The number of benzene rings is 1. The van der Waals surface area contributed by atoms with Gasteiger partial charge in [-0.15, -0.1) is 0 Å². The fraction of sp³-hybridized carbons (Fsp3) is 0.556. The van der Waals surface area contributed by atoms with E-state index in [2.05, 4.69) is 24.1 Å². The number of likely N-dealkylation sites (tertiary alicyclic amines) is 1. The molecule has 2 rings (SSSR count). The molecule has 2 N–H and O–H groups in total. The largest absolute Gasteiger partial charge is 0.481 e. The molecule has 0 aromatic heterocycles. The summed E-state index contributed by atoms with van der Waals surface area (Å²) in [6.07, 6.45) is 0.907. The number of nitrogens with one attached hydrogen (secondary N) is 1. The number of rotatable bonds is 7. The minimum absolute atomic E-state index is 0.131. The lowest BCUT2D eigenvalue weighted by Crippen LogP contribution is -2.38. The molecule has 0 unspecified atom stereocenters. The summed E-state index contributed by atoms with van der Waals surface area (Å²) < 4.78 is 0. The second-order valence-corrected chi connectivity index (χ2v) is 6.70. The van der Waals surface area contributed by atoms with E-state index in [1.807, 2.05) is 30.3 Å². The second-order valence-electron chi connectivity index (χ2n) is 6.70. The van der Waals surface area contributed by atoms with Crippen LogP contribution in [0.3, 0.4) is 0 Å². The van der Waals surface area contributed by atoms with Crippen LogP contribution in [0.15, 0.2) is 30.3 Å². The minimum atomic E-state index is -0.885. The second kappa shape index (κ2) is 8.11. The van der Waals surface area contributed by atoms with E-state index in [1.54, 1.807) is 0 Å². The number of carboxylic acids is 1. The Balaban J connectivity index is 1.95. The Hall–Kier alpha value is -1.88. The van der Waals surface area contributed by atoms with E-state index in [-0.39, 0.29) is 5.91 Å². The van der Waals surface area contributed by atoms with Gasteiger partial charge in [-0.2, -0.15) is 0 Å². The fourth-order valence-corrected chi connectivity index (χ4v) is 2.99. The van der Waals surface area contributed by atoms with Crippen molar-refractivity contribution in [2.75, 3.05) is 19.6 Å². The summed E-state index contributed by atoms with van der Waals surface area (Å²) in [7, 11) is 0. The molecule has 1 fully saturated rings. The number of hydrogen-bond acceptors (Lipinski definition) is 3. The van der Waals surface area contributed by atoms with Crippen LogP contribution in [0.25, 0.3) is 0 Å². The summed E-state index contributed by atoms with van der Waals surface area (Å²) in [6.45, 7) is 6.41. The van der Waals surface area contributed by atoms with Crippen molar-refractivity contribution in [3.63, 3.8) is 0 Å². The molecular weight excluding hydrogens is 292 g/mol. The lowest BCUT2D eigenvalue weighted by molar-refractivity contribution is -0.145. The Morgan fingerprint density at radius 1 is 1.22 bits per heavy atom. The number of carboxylic acid groups (broad SMARTS) is 1. The number of hydrogen-bond donors (Lipinski definition) is 2. The molecule has 1 aliphatic heterocycles. The highest BCUT2D eigenvalue weighted by molar-refractivity contribution is 5.85. The van der Waals surface area contributed by atoms with Crippen LogP contribution < -0.4 is 5.32 Å². The molecule has 5 heteroatoms. The molecule has 1 amide bonds. The Labute approximate surface area is 137 Å². The van der Waals surface area contributed by atoms with E-state index in [0.717, 1.165) is 12.0 Å². The molecule has 126 valence electrons. The molecular formula is C18H26N2O3. The first-order chi connectivity index (χ1) is 11.0. The first-order valence-electron chi connectivity index (χ1n) is 8.24. The lowest BCUT2D eigenvalue weighted by Gasteiger charge is -2.16. The highest BCUT2D eigenvalue weighted by atomic mass is 16.4. The average Bonchev–Trinajstić information content (AvgIpc) is 2.92. The predicted octanol–water partition coefficient (Wildman–Crippen LogP) is 1.98. The van der Waals surface area contributed by atoms with Gasteiger partial charge in [0.2, 0.25) is 5.91 Å². The standard InChI is InChI=1S/C18H26N2O3/c1-13(2)8-9-19-17(21)15-11-20(12-16(15)18(22)23)10-14-6-4-3-5-7-14/h3-7,13,15-16H,8-12H2,1-2H3,(H,19,21)(H,22,23)/t15-,16+/m0/s1. The van der Waals surface area contributed by atoms with Gasteiger partial charge in [0.15, 0.2) is 0 Å². The molecule has 0 spiro atoms. The molecule has 2 atom stereocenters. The van der Waals surface area contributed by atoms with Crippen molar-refractivity contribution in [1.82, 2.24) is 10.2 Å². The van der Waals surface area contributed by atoms with Gasteiger partial charge in [-0.1, -0.05) is 44.2 Å². The molecule has 1 aliphatic rings. The van der Waals surface area contributed by atoms with Crippen LogP contribution >= 0.6 is 0 Å². The molecule has 0 radical (unpaired) electrons. The number of carbonyl (C=O) groups excluding carboxylic acids is 1. The van der Waals surface area contributed by atoms with E-state index < -0.39 is 17.8 Å². The average molecular weight is 318 g/mol. The molecule has 0 aliphatic carbocycles. The van der Waals surface area contributed by atoms with Gasteiger partial charge in [0.05, 0.1) is 11.8 Å². The lowest BCUT2D eigenvalue weighted by atomic mass is 9.95. The first kappa shape index (κ1) is 17.5. The topological polar surface area (TPSA) is 69.6 Å². The molecule has 1 aromatic rings. The van der Waals surface area contributed by atoms with Crippen LogP contribution in [-0.2, 0) is 16.1 Å². The summed E-state index contributed by atoms with van der Waals surface area (Å²) in [6, 6.07) is 9.93. The van der Waals surface area contributed by atoms with Gasteiger partial charge in [-0.25, -0.2) is 0 Å². The fourth-order valence-electron chi connectivity index (χ4n) is 2.99. The molecule has 1 saturated heterocycles. The Morgan fingerprint density at radius 3 is 2.48 bits per heavy atom. The Morgan fingerprint density at radius 2 is 1.87 bits per heavy atom. The SMILES string of the molecule is CC(C)CCNC(=O)[C@H]1CN(Cc2ccccc2)C[C@H]1C(=O)O. The highest BCUT2D eigenvalue weighted by Crippen LogP contribution is 2.25. The quantitative estimate of drug-likeness (QED) is 0.806. The maximum atomic E-state index is 12.3. The van der Waals surface area contributed by atoms with E-state index in [4.69, 9.17) is 0 Å². The van der Waals surface area contributed by atoms with E-state index in [9.17, 15) is 14.7 Å². The zero-order chi connectivity index (χ0) is 16.8. The molecule has 5 nitrogen and oxygen atoms in total. The van der Waals surface area contributed by atoms with Gasteiger partial charge in [0.25, 0.3) is 0 Å². The summed E-state index contributed by atoms with van der Waals surface area (Å²) in [5, 5.41) is 12.3. The van der Waals surface area contributed by atoms with Crippen LogP contribution in [0.4, 0.5) is 0 Å².